The molecule has 0 radical (unpaired) electrons. The molecule has 0 fully saturated rings. The second-order valence-electron chi connectivity index (χ2n) is 3.66. The molecule has 1 aliphatic rings. The van der Waals surface area contributed by atoms with E-state index < -0.39 is 6.04 Å². The van der Waals surface area contributed by atoms with E-state index in [0.717, 1.165) is 23.4 Å². The van der Waals surface area contributed by atoms with E-state index in [4.69, 9.17) is 10.5 Å². The molecule has 15 heavy (non-hydrogen) atoms. The van der Waals surface area contributed by atoms with Crippen molar-refractivity contribution in [2.45, 2.75) is 18.9 Å². The number of rotatable bonds is 1. The lowest BCUT2D eigenvalue weighted by Gasteiger charge is -2.08. The summed E-state index contributed by atoms with van der Waals surface area (Å²) < 4.78 is 5.10. The Kier molecular flexibility index (Phi) is 2.60. The van der Waals surface area contributed by atoms with E-state index in [0.29, 0.717) is 6.42 Å². The van der Waals surface area contributed by atoms with Crippen molar-refractivity contribution in [3.8, 4) is 5.75 Å². The van der Waals surface area contributed by atoms with E-state index in [-0.39, 0.29) is 5.91 Å². The van der Waals surface area contributed by atoms with Crippen LogP contribution in [0, 0.1) is 0 Å². The fourth-order valence-electron chi connectivity index (χ4n) is 1.68. The minimum Gasteiger partial charge on any atom is -0.497 e. The van der Waals surface area contributed by atoms with E-state index >= 15 is 0 Å². The minimum atomic E-state index is -0.414. The van der Waals surface area contributed by atoms with E-state index in [1.54, 1.807) is 7.11 Å². The van der Waals surface area contributed by atoms with Crippen molar-refractivity contribution in [1.82, 2.24) is 0 Å². The number of hydrogen-bond donors (Lipinski definition) is 2. The smallest absolute Gasteiger partial charge is 0.241 e. The van der Waals surface area contributed by atoms with Crippen molar-refractivity contribution in [2.24, 2.45) is 5.73 Å². The van der Waals surface area contributed by atoms with Crippen molar-refractivity contribution in [2.75, 3.05) is 12.4 Å². The fourth-order valence-corrected chi connectivity index (χ4v) is 1.68. The third-order valence-electron chi connectivity index (χ3n) is 2.64. The SMILES string of the molecule is COc1ccc2c(c1)NC(=O)C(N)CC2. The number of methoxy groups -OCH3 is 1. The van der Waals surface area contributed by atoms with Gasteiger partial charge in [-0.15, -0.1) is 0 Å². The zero-order chi connectivity index (χ0) is 10.8. The second kappa shape index (κ2) is 3.90. The van der Waals surface area contributed by atoms with Gasteiger partial charge in [-0.2, -0.15) is 0 Å². The average molecular weight is 206 g/mol. The number of hydrogen-bond acceptors (Lipinski definition) is 3. The summed E-state index contributed by atoms with van der Waals surface area (Å²) in [6.07, 6.45) is 1.50. The molecule has 80 valence electrons. The molecule has 1 aromatic carbocycles. The summed E-state index contributed by atoms with van der Waals surface area (Å²) in [5.74, 6) is 0.617. The molecule has 3 N–H and O–H groups in total. The van der Waals surface area contributed by atoms with Crippen LogP contribution in [-0.2, 0) is 11.2 Å². The molecule has 0 aromatic heterocycles. The Morgan fingerprint density at radius 1 is 1.53 bits per heavy atom. The summed E-state index contributed by atoms with van der Waals surface area (Å²) in [5, 5.41) is 2.80. The van der Waals surface area contributed by atoms with Gasteiger partial charge in [0, 0.05) is 11.8 Å². The Balaban J connectivity index is 2.35. The number of fused-ring (bicyclic) bond motifs is 1. The summed E-state index contributed by atoms with van der Waals surface area (Å²) >= 11 is 0. The zero-order valence-electron chi connectivity index (χ0n) is 8.62. The molecule has 0 spiro atoms. The molecule has 1 amide bonds. The predicted molar refractivity (Wildman–Crippen MR) is 57.9 cm³/mol. The maximum atomic E-state index is 11.5. The van der Waals surface area contributed by atoms with Gasteiger partial charge in [-0.1, -0.05) is 6.07 Å². The highest BCUT2D eigenvalue weighted by molar-refractivity contribution is 5.96. The van der Waals surface area contributed by atoms with Crippen LogP contribution < -0.4 is 15.8 Å². The monoisotopic (exact) mass is 206 g/mol. The second-order valence-corrected chi connectivity index (χ2v) is 3.66. The third kappa shape index (κ3) is 1.94. The first-order valence-electron chi connectivity index (χ1n) is 4.94. The van der Waals surface area contributed by atoms with Crippen molar-refractivity contribution in [3.63, 3.8) is 0 Å². The predicted octanol–water partition coefficient (Wildman–Crippen LogP) is 0.907. The molecule has 2 rings (SSSR count). The lowest BCUT2D eigenvalue weighted by molar-refractivity contribution is -0.117. The Labute approximate surface area is 88.4 Å². The van der Waals surface area contributed by atoms with E-state index in [1.165, 1.54) is 0 Å². The standard InChI is InChI=1S/C11H14N2O2/c1-15-8-4-2-7-3-5-9(12)11(14)13-10(7)6-8/h2,4,6,9H,3,5,12H2,1H3,(H,13,14). The lowest BCUT2D eigenvalue weighted by atomic mass is 10.1. The first-order chi connectivity index (χ1) is 7.20. The van der Waals surface area contributed by atoms with E-state index in [2.05, 4.69) is 5.32 Å². The van der Waals surface area contributed by atoms with Gasteiger partial charge < -0.3 is 15.8 Å². The first-order valence-corrected chi connectivity index (χ1v) is 4.94. The van der Waals surface area contributed by atoms with Crippen molar-refractivity contribution in [1.29, 1.82) is 0 Å². The Bertz CT molecular complexity index is 390. The van der Waals surface area contributed by atoms with Gasteiger partial charge in [-0.3, -0.25) is 4.79 Å². The number of nitrogens with one attached hydrogen (secondary N) is 1. The molecule has 1 atom stereocenters. The van der Waals surface area contributed by atoms with Gasteiger partial charge in [0.25, 0.3) is 0 Å². The van der Waals surface area contributed by atoms with Gasteiger partial charge in [-0.05, 0) is 24.5 Å². The quantitative estimate of drug-likeness (QED) is 0.717. The van der Waals surface area contributed by atoms with Gasteiger partial charge in [0.1, 0.15) is 5.75 Å². The minimum absolute atomic E-state index is 0.123. The van der Waals surface area contributed by atoms with Crippen LogP contribution in [0.3, 0.4) is 0 Å². The summed E-state index contributed by atoms with van der Waals surface area (Å²) in [6.45, 7) is 0. The largest absolute Gasteiger partial charge is 0.497 e. The molecule has 1 heterocycles. The number of ether oxygens (including phenoxy) is 1. The van der Waals surface area contributed by atoms with Crippen LogP contribution in [-0.4, -0.2) is 19.1 Å². The highest BCUT2D eigenvalue weighted by Gasteiger charge is 2.20. The maximum absolute atomic E-state index is 11.5. The fraction of sp³-hybridized carbons (Fsp3) is 0.364. The summed E-state index contributed by atoms with van der Waals surface area (Å²) in [7, 11) is 1.60. The topological polar surface area (TPSA) is 64.3 Å². The molecule has 1 unspecified atom stereocenters. The Morgan fingerprint density at radius 2 is 2.33 bits per heavy atom. The molecule has 1 aromatic rings. The number of aryl methyl sites for hydroxylation is 1. The highest BCUT2D eigenvalue weighted by Crippen LogP contribution is 2.26. The molecule has 0 bridgehead atoms. The van der Waals surface area contributed by atoms with Gasteiger partial charge >= 0.3 is 0 Å². The average Bonchev–Trinajstić information content (AvgIpc) is 2.39. The molecular weight excluding hydrogens is 192 g/mol. The molecule has 4 nitrogen and oxygen atoms in total. The van der Waals surface area contributed by atoms with E-state index in [9.17, 15) is 4.79 Å². The van der Waals surface area contributed by atoms with Crippen molar-refractivity contribution >= 4 is 11.6 Å². The number of amides is 1. The first kappa shape index (κ1) is 9.98. The van der Waals surface area contributed by atoms with Crippen LogP contribution in [0.1, 0.15) is 12.0 Å². The number of anilines is 1. The lowest BCUT2D eigenvalue weighted by Crippen LogP contribution is -2.34. The maximum Gasteiger partial charge on any atom is 0.241 e. The summed E-state index contributed by atoms with van der Waals surface area (Å²) in [6, 6.07) is 5.27. The van der Waals surface area contributed by atoms with Crippen LogP contribution in [0.2, 0.25) is 0 Å². The molecule has 1 aliphatic heterocycles. The number of carbonyl (C=O) groups excluding carboxylic acids is 1. The molecular formula is C11H14N2O2. The van der Waals surface area contributed by atoms with Crippen LogP contribution in [0.4, 0.5) is 5.69 Å². The number of carbonyl (C=O) groups is 1. The third-order valence-corrected chi connectivity index (χ3v) is 2.64. The van der Waals surface area contributed by atoms with Gasteiger partial charge in [0.2, 0.25) is 5.91 Å². The number of benzene rings is 1. The summed E-state index contributed by atoms with van der Waals surface area (Å²) in [4.78, 5) is 11.5. The normalized spacial score (nSPS) is 20.1. The number of nitrogens with two attached hydrogens (primary N) is 1. The van der Waals surface area contributed by atoms with Gasteiger partial charge in [0.05, 0.1) is 13.2 Å². The Morgan fingerprint density at radius 3 is 3.07 bits per heavy atom. The van der Waals surface area contributed by atoms with Gasteiger partial charge in [0.15, 0.2) is 0 Å². The van der Waals surface area contributed by atoms with Crippen LogP contribution >= 0.6 is 0 Å². The summed E-state index contributed by atoms with van der Waals surface area (Å²) in [5.41, 5.74) is 7.61. The molecule has 0 saturated carbocycles. The highest BCUT2D eigenvalue weighted by atomic mass is 16.5. The van der Waals surface area contributed by atoms with Crippen LogP contribution in [0.15, 0.2) is 18.2 Å². The molecule has 0 aliphatic carbocycles. The molecule has 0 saturated heterocycles. The van der Waals surface area contributed by atoms with E-state index in [1.807, 2.05) is 18.2 Å². The van der Waals surface area contributed by atoms with Crippen LogP contribution in [0.5, 0.6) is 5.75 Å². The Hall–Kier alpha value is -1.55. The van der Waals surface area contributed by atoms with Gasteiger partial charge in [-0.25, -0.2) is 0 Å². The zero-order valence-corrected chi connectivity index (χ0v) is 8.62. The molecule has 4 heteroatoms. The van der Waals surface area contributed by atoms with Crippen molar-refractivity contribution in [3.05, 3.63) is 23.8 Å². The van der Waals surface area contributed by atoms with Crippen LogP contribution in [0.25, 0.3) is 0 Å². The van der Waals surface area contributed by atoms with Crippen molar-refractivity contribution < 1.29 is 9.53 Å².